The van der Waals surface area contributed by atoms with Crippen LogP contribution in [-0.2, 0) is 11.3 Å². The van der Waals surface area contributed by atoms with Crippen LogP contribution >= 0.6 is 0 Å². The second-order valence-corrected chi connectivity index (χ2v) is 7.05. The van der Waals surface area contributed by atoms with Crippen LogP contribution < -0.4 is 4.74 Å². The first kappa shape index (κ1) is 18.4. The normalized spacial score (nSPS) is 21.3. The highest BCUT2D eigenvalue weighted by Crippen LogP contribution is 2.32. The van der Waals surface area contributed by atoms with E-state index in [9.17, 15) is 9.59 Å². The summed E-state index contributed by atoms with van der Waals surface area (Å²) in [5.74, 6) is 0.0135. The van der Waals surface area contributed by atoms with Crippen molar-refractivity contribution in [3.63, 3.8) is 0 Å². The molecule has 1 aliphatic heterocycles. The molecular formula is C21H23N3O4. The van der Waals surface area contributed by atoms with Gasteiger partial charge < -0.3 is 14.4 Å². The van der Waals surface area contributed by atoms with Crippen LogP contribution in [0.5, 0.6) is 5.88 Å². The molecule has 0 radical (unpaired) electrons. The fourth-order valence-electron chi connectivity index (χ4n) is 3.93. The van der Waals surface area contributed by atoms with Crippen molar-refractivity contribution in [1.29, 1.82) is 0 Å². The van der Waals surface area contributed by atoms with E-state index in [1.807, 2.05) is 23.1 Å². The van der Waals surface area contributed by atoms with Gasteiger partial charge in [0.15, 0.2) is 0 Å². The van der Waals surface area contributed by atoms with Crippen LogP contribution in [0.15, 0.2) is 36.7 Å². The molecule has 0 bridgehead atoms. The molecule has 28 heavy (non-hydrogen) atoms. The molecule has 4 rings (SSSR count). The van der Waals surface area contributed by atoms with Crippen molar-refractivity contribution >= 4 is 11.9 Å². The lowest BCUT2D eigenvalue weighted by Crippen LogP contribution is -2.48. The number of pyridine rings is 2. The lowest BCUT2D eigenvalue weighted by Gasteiger charge is -2.37. The van der Waals surface area contributed by atoms with Crippen LogP contribution in [0, 0.1) is 0 Å². The fourth-order valence-corrected chi connectivity index (χ4v) is 3.93. The number of nitrogens with zero attached hydrogens (tertiary/aromatic N) is 3. The Balaban J connectivity index is 1.54. The summed E-state index contributed by atoms with van der Waals surface area (Å²) in [6.45, 7) is 2.46. The van der Waals surface area contributed by atoms with Crippen LogP contribution in [0.1, 0.15) is 59.0 Å². The number of esters is 1. The Bertz CT molecular complexity index is 871. The molecule has 1 saturated carbocycles. The number of hydrogen-bond donors (Lipinski definition) is 0. The molecule has 1 amide bonds. The molecule has 2 aliphatic rings. The summed E-state index contributed by atoms with van der Waals surface area (Å²) < 4.78 is 11.1. The van der Waals surface area contributed by atoms with Crippen molar-refractivity contribution in [1.82, 2.24) is 14.9 Å². The predicted molar refractivity (Wildman–Crippen MR) is 101 cm³/mol. The smallest absolute Gasteiger partial charge is 0.339 e. The highest BCUT2D eigenvalue weighted by molar-refractivity contribution is 6.00. The minimum absolute atomic E-state index is 0.0384. The summed E-state index contributed by atoms with van der Waals surface area (Å²) in [6.07, 6.45) is 6.95. The summed E-state index contributed by atoms with van der Waals surface area (Å²) in [7, 11) is 0. The summed E-state index contributed by atoms with van der Waals surface area (Å²) >= 11 is 0. The maximum Gasteiger partial charge on any atom is 0.339 e. The van der Waals surface area contributed by atoms with Crippen LogP contribution in [0.3, 0.4) is 0 Å². The Morgan fingerprint density at radius 2 is 2.11 bits per heavy atom. The molecule has 0 unspecified atom stereocenters. The number of carbonyl (C=O) groups excluding carboxylic acids is 2. The van der Waals surface area contributed by atoms with Crippen LogP contribution in [0.4, 0.5) is 0 Å². The maximum atomic E-state index is 13.1. The number of aromatic nitrogens is 2. The van der Waals surface area contributed by atoms with E-state index in [0.717, 1.165) is 25.7 Å². The molecule has 2 atom stereocenters. The van der Waals surface area contributed by atoms with Crippen molar-refractivity contribution in [2.75, 3.05) is 6.61 Å². The van der Waals surface area contributed by atoms with E-state index in [2.05, 4.69) is 9.97 Å². The van der Waals surface area contributed by atoms with Gasteiger partial charge in [-0.2, -0.15) is 0 Å². The van der Waals surface area contributed by atoms with Crippen molar-refractivity contribution in [3.8, 4) is 5.88 Å². The minimum Gasteiger partial charge on any atom is -0.472 e. The number of carbonyl (C=O) groups is 2. The maximum absolute atomic E-state index is 13.1. The molecule has 0 saturated heterocycles. The first-order valence-electron chi connectivity index (χ1n) is 9.72. The van der Waals surface area contributed by atoms with Crippen molar-refractivity contribution in [3.05, 3.63) is 53.5 Å². The fraction of sp³-hybridized carbons (Fsp3) is 0.429. The van der Waals surface area contributed by atoms with Gasteiger partial charge in [0, 0.05) is 18.5 Å². The molecule has 0 aromatic carbocycles. The third-order valence-corrected chi connectivity index (χ3v) is 5.27. The van der Waals surface area contributed by atoms with Gasteiger partial charge in [0.25, 0.3) is 5.91 Å². The zero-order valence-corrected chi connectivity index (χ0v) is 15.8. The highest BCUT2D eigenvalue weighted by Gasteiger charge is 2.40. The van der Waals surface area contributed by atoms with Crippen LogP contribution in [0.2, 0.25) is 0 Å². The Morgan fingerprint density at radius 3 is 2.89 bits per heavy atom. The van der Waals surface area contributed by atoms with E-state index in [4.69, 9.17) is 9.47 Å². The average Bonchev–Trinajstić information content (AvgIpc) is 3.05. The van der Waals surface area contributed by atoms with Gasteiger partial charge in [-0.25, -0.2) is 9.78 Å². The Labute approximate surface area is 163 Å². The summed E-state index contributed by atoms with van der Waals surface area (Å²) in [5.41, 5.74) is 1.48. The van der Waals surface area contributed by atoms with Crippen molar-refractivity contribution < 1.29 is 19.1 Å². The molecule has 1 aliphatic carbocycles. The first-order chi connectivity index (χ1) is 13.7. The molecule has 1 fully saturated rings. The Kier molecular flexibility index (Phi) is 5.23. The lowest BCUT2D eigenvalue weighted by molar-refractivity contribution is 0.0280. The number of fused-ring (bicyclic) bond motifs is 1. The molecule has 7 heteroatoms. The molecule has 0 N–H and O–H groups in total. The van der Waals surface area contributed by atoms with Gasteiger partial charge >= 0.3 is 5.97 Å². The standard InChI is InChI=1S/C21H23N3O4/c1-2-27-21(26)14-11-15-16(23-12-14)13-24(20(15)25)17-7-3-4-8-18(17)28-19-9-5-6-10-22-19/h5-6,9-12,17-18H,2-4,7-8,13H2,1H3/t17-,18-/m1/s1. The van der Waals surface area contributed by atoms with Gasteiger partial charge in [-0.15, -0.1) is 0 Å². The zero-order valence-electron chi connectivity index (χ0n) is 15.8. The number of rotatable bonds is 5. The molecule has 0 spiro atoms. The second kappa shape index (κ2) is 7.96. The molecular weight excluding hydrogens is 358 g/mol. The molecule has 3 heterocycles. The van der Waals surface area contributed by atoms with Gasteiger partial charge in [0.1, 0.15) is 6.10 Å². The zero-order chi connectivity index (χ0) is 19.5. The monoisotopic (exact) mass is 381 g/mol. The second-order valence-electron chi connectivity index (χ2n) is 7.05. The van der Waals surface area contributed by atoms with E-state index >= 15 is 0 Å². The van der Waals surface area contributed by atoms with Gasteiger partial charge in [0.2, 0.25) is 5.88 Å². The predicted octanol–water partition coefficient (Wildman–Crippen LogP) is 3.00. The number of amides is 1. The van der Waals surface area contributed by atoms with E-state index in [-0.39, 0.29) is 24.7 Å². The van der Waals surface area contributed by atoms with Gasteiger partial charge in [0.05, 0.1) is 36.0 Å². The Hall–Kier alpha value is -2.96. The quantitative estimate of drug-likeness (QED) is 0.741. The number of hydrogen-bond acceptors (Lipinski definition) is 6. The van der Waals surface area contributed by atoms with E-state index in [1.165, 1.54) is 6.20 Å². The summed E-state index contributed by atoms with van der Waals surface area (Å²) in [5, 5.41) is 0. The topological polar surface area (TPSA) is 81.6 Å². The Morgan fingerprint density at radius 1 is 1.25 bits per heavy atom. The summed E-state index contributed by atoms with van der Waals surface area (Å²) in [6, 6.07) is 7.12. The first-order valence-corrected chi connectivity index (χ1v) is 9.72. The van der Waals surface area contributed by atoms with Crippen LogP contribution in [0.25, 0.3) is 0 Å². The van der Waals surface area contributed by atoms with Gasteiger partial charge in [-0.05, 0) is 38.3 Å². The van der Waals surface area contributed by atoms with E-state index in [0.29, 0.717) is 29.2 Å². The van der Waals surface area contributed by atoms with Crippen molar-refractivity contribution in [2.45, 2.75) is 51.3 Å². The average molecular weight is 381 g/mol. The summed E-state index contributed by atoms with van der Waals surface area (Å²) in [4.78, 5) is 35.5. The third-order valence-electron chi connectivity index (χ3n) is 5.27. The molecule has 7 nitrogen and oxygen atoms in total. The molecule has 2 aromatic heterocycles. The lowest BCUT2D eigenvalue weighted by atomic mass is 9.91. The molecule has 146 valence electrons. The van der Waals surface area contributed by atoms with Gasteiger partial charge in [-0.3, -0.25) is 9.78 Å². The van der Waals surface area contributed by atoms with E-state index in [1.54, 1.807) is 19.2 Å². The van der Waals surface area contributed by atoms with Crippen LogP contribution in [-0.4, -0.2) is 45.5 Å². The third kappa shape index (κ3) is 3.56. The number of ether oxygens (including phenoxy) is 2. The largest absolute Gasteiger partial charge is 0.472 e. The highest BCUT2D eigenvalue weighted by atomic mass is 16.5. The van der Waals surface area contributed by atoms with E-state index < -0.39 is 5.97 Å². The SMILES string of the molecule is CCOC(=O)c1cnc2c(c1)C(=O)N([C@@H]1CCCC[C@H]1Oc1ccccn1)C2. The van der Waals surface area contributed by atoms with Crippen molar-refractivity contribution in [2.24, 2.45) is 0 Å². The van der Waals surface area contributed by atoms with Gasteiger partial charge in [-0.1, -0.05) is 12.5 Å². The minimum atomic E-state index is -0.460. The molecule has 2 aromatic rings.